The molecule has 2 aromatic carbocycles. The van der Waals surface area contributed by atoms with Crippen LogP contribution in [0.25, 0.3) is 0 Å². The predicted octanol–water partition coefficient (Wildman–Crippen LogP) is 4.18. The zero-order valence-electron chi connectivity index (χ0n) is 16.0. The summed E-state index contributed by atoms with van der Waals surface area (Å²) < 4.78 is 48.5. The highest BCUT2D eigenvalue weighted by Gasteiger charge is 2.30. The number of nitrogens with one attached hydrogen (secondary N) is 1. The molecule has 152 valence electrons. The molecule has 8 heteroatoms. The molecule has 0 unspecified atom stereocenters. The number of benzene rings is 2. The highest BCUT2D eigenvalue weighted by Crippen LogP contribution is 2.30. The predicted molar refractivity (Wildman–Crippen MR) is 101 cm³/mol. The monoisotopic (exact) mass is 396 g/mol. The third kappa shape index (κ3) is 6.16. The number of halogens is 3. The second-order valence-corrected chi connectivity index (χ2v) is 6.21. The van der Waals surface area contributed by atoms with Gasteiger partial charge in [0.1, 0.15) is 0 Å². The van der Waals surface area contributed by atoms with Crippen molar-refractivity contribution in [1.29, 1.82) is 0 Å². The zero-order valence-corrected chi connectivity index (χ0v) is 16.0. The number of alkyl halides is 3. The summed E-state index contributed by atoms with van der Waals surface area (Å²) in [5.41, 5.74) is 0.492. The second kappa shape index (κ2) is 9.45. The minimum Gasteiger partial charge on any atom is -0.493 e. The lowest BCUT2D eigenvalue weighted by Crippen LogP contribution is -2.29. The van der Waals surface area contributed by atoms with Crippen molar-refractivity contribution >= 4 is 11.6 Å². The first-order valence-corrected chi connectivity index (χ1v) is 8.68. The molecule has 1 N–H and O–H groups in total. The van der Waals surface area contributed by atoms with Crippen molar-refractivity contribution in [3.8, 4) is 11.5 Å². The molecular weight excluding hydrogens is 373 g/mol. The number of carbonyl (C=O) groups excluding carboxylic acids is 1. The topological polar surface area (TPSA) is 50.8 Å². The summed E-state index contributed by atoms with van der Waals surface area (Å²) in [6.45, 7) is 2.98. The Morgan fingerprint density at radius 3 is 2.36 bits per heavy atom. The molecule has 5 nitrogen and oxygen atoms in total. The van der Waals surface area contributed by atoms with Gasteiger partial charge in [-0.1, -0.05) is 6.07 Å². The van der Waals surface area contributed by atoms with Crippen LogP contribution in [-0.2, 0) is 17.5 Å². The third-order valence-corrected chi connectivity index (χ3v) is 3.89. The van der Waals surface area contributed by atoms with Gasteiger partial charge in [0.15, 0.2) is 11.5 Å². The number of likely N-dealkylation sites (N-methyl/N-ethyl adjacent to an activating group) is 1. The van der Waals surface area contributed by atoms with Crippen molar-refractivity contribution in [1.82, 2.24) is 4.90 Å². The minimum atomic E-state index is -4.40. The fourth-order valence-corrected chi connectivity index (χ4v) is 2.64. The van der Waals surface area contributed by atoms with E-state index < -0.39 is 11.7 Å². The van der Waals surface area contributed by atoms with Gasteiger partial charge >= 0.3 is 6.18 Å². The molecule has 0 aliphatic heterocycles. The molecule has 2 rings (SSSR count). The standard InChI is InChI=1S/C20H23F3N2O3/c1-4-28-17-10-5-14(11-18(17)27-3)12-25(2)13-19(26)24-16-8-6-15(7-9-16)20(21,22)23/h5-11H,4,12-13H2,1-3H3,(H,24,26). The Kier molecular flexibility index (Phi) is 7.28. The van der Waals surface area contributed by atoms with Gasteiger partial charge in [-0.3, -0.25) is 9.69 Å². The molecule has 2 aromatic rings. The summed E-state index contributed by atoms with van der Waals surface area (Å²) in [4.78, 5) is 13.9. The molecule has 0 saturated heterocycles. The number of amides is 1. The van der Waals surface area contributed by atoms with Crippen LogP contribution in [0.5, 0.6) is 11.5 Å². The average Bonchev–Trinajstić information content (AvgIpc) is 2.62. The average molecular weight is 396 g/mol. The van der Waals surface area contributed by atoms with Crippen LogP contribution in [0.15, 0.2) is 42.5 Å². The van der Waals surface area contributed by atoms with Gasteiger partial charge in [0.05, 0.1) is 25.8 Å². The Hall–Kier alpha value is -2.74. The number of ether oxygens (including phenoxy) is 2. The van der Waals surface area contributed by atoms with Crippen molar-refractivity contribution in [2.45, 2.75) is 19.6 Å². The van der Waals surface area contributed by atoms with Gasteiger partial charge in [0, 0.05) is 12.2 Å². The number of anilines is 1. The molecule has 0 spiro atoms. The van der Waals surface area contributed by atoms with Crippen LogP contribution in [0.3, 0.4) is 0 Å². The summed E-state index contributed by atoms with van der Waals surface area (Å²) in [5.74, 6) is 0.943. The molecule has 0 heterocycles. The number of methoxy groups -OCH3 is 1. The lowest BCUT2D eigenvalue weighted by Gasteiger charge is -2.18. The quantitative estimate of drug-likeness (QED) is 0.727. The van der Waals surface area contributed by atoms with E-state index in [0.29, 0.717) is 30.3 Å². The number of hydrogen-bond acceptors (Lipinski definition) is 4. The van der Waals surface area contributed by atoms with Crippen molar-refractivity contribution in [2.24, 2.45) is 0 Å². The molecule has 1 amide bonds. The molecule has 28 heavy (non-hydrogen) atoms. The second-order valence-electron chi connectivity index (χ2n) is 6.21. The zero-order chi connectivity index (χ0) is 20.7. The van der Waals surface area contributed by atoms with Crippen LogP contribution < -0.4 is 14.8 Å². The Balaban J connectivity index is 1.92. The molecule has 0 aliphatic carbocycles. The first-order valence-electron chi connectivity index (χ1n) is 8.68. The maximum absolute atomic E-state index is 12.6. The molecular formula is C20H23F3N2O3. The van der Waals surface area contributed by atoms with Gasteiger partial charge in [-0.25, -0.2) is 0 Å². The summed E-state index contributed by atoms with van der Waals surface area (Å²) in [5, 5.41) is 2.59. The number of hydrogen-bond donors (Lipinski definition) is 1. The highest BCUT2D eigenvalue weighted by molar-refractivity contribution is 5.92. The van der Waals surface area contributed by atoms with Crippen molar-refractivity contribution in [3.05, 3.63) is 53.6 Å². The van der Waals surface area contributed by atoms with Crippen LogP contribution in [0, 0.1) is 0 Å². The number of rotatable bonds is 8. The molecule has 0 radical (unpaired) electrons. The van der Waals surface area contributed by atoms with E-state index in [1.165, 1.54) is 12.1 Å². The van der Waals surface area contributed by atoms with Gasteiger partial charge in [-0.05, 0) is 55.9 Å². The summed E-state index contributed by atoms with van der Waals surface area (Å²) in [6, 6.07) is 9.88. The normalized spacial score (nSPS) is 11.4. The molecule has 0 saturated carbocycles. The maximum Gasteiger partial charge on any atom is 0.416 e. The number of carbonyl (C=O) groups is 1. The molecule has 0 atom stereocenters. The summed E-state index contributed by atoms with van der Waals surface area (Å²) in [6.07, 6.45) is -4.40. The van der Waals surface area contributed by atoms with E-state index in [2.05, 4.69) is 5.32 Å². The third-order valence-electron chi connectivity index (χ3n) is 3.89. The van der Waals surface area contributed by atoms with E-state index in [1.807, 2.05) is 25.1 Å². The van der Waals surface area contributed by atoms with Gasteiger partial charge in [0.25, 0.3) is 0 Å². The van der Waals surface area contributed by atoms with Crippen LogP contribution in [0.1, 0.15) is 18.1 Å². The number of nitrogens with zero attached hydrogens (tertiary/aromatic N) is 1. The van der Waals surface area contributed by atoms with E-state index in [-0.39, 0.29) is 12.5 Å². The van der Waals surface area contributed by atoms with Crippen molar-refractivity contribution < 1.29 is 27.4 Å². The molecule has 0 fully saturated rings. The van der Waals surface area contributed by atoms with Gasteiger partial charge in [0.2, 0.25) is 5.91 Å². The Morgan fingerprint density at radius 2 is 1.79 bits per heavy atom. The van der Waals surface area contributed by atoms with Gasteiger partial charge < -0.3 is 14.8 Å². The van der Waals surface area contributed by atoms with E-state index in [4.69, 9.17) is 9.47 Å². The van der Waals surface area contributed by atoms with Crippen LogP contribution >= 0.6 is 0 Å². The molecule has 0 bridgehead atoms. The van der Waals surface area contributed by atoms with Crippen LogP contribution in [0.2, 0.25) is 0 Å². The van der Waals surface area contributed by atoms with Gasteiger partial charge in [-0.2, -0.15) is 13.2 Å². The molecule has 0 aromatic heterocycles. The lowest BCUT2D eigenvalue weighted by molar-refractivity contribution is -0.137. The molecule has 0 aliphatic rings. The summed E-state index contributed by atoms with van der Waals surface area (Å²) in [7, 11) is 3.33. The lowest BCUT2D eigenvalue weighted by atomic mass is 10.2. The Bertz CT molecular complexity index is 792. The smallest absolute Gasteiger partial charge is 0.416 e. The largest absolute Gasteiger partial charge is 0.493 e. The SMILES string of the molecule is CCOc1ccc(CN(C)CC(=O)Nc2ccc(C(F)(F)F)cc2)cc1OC. The van der Waals surface area contributed by atoms with E-state index in [1.54, 1.807) is 19.1 Å². The first kappa shape index (κ1) is 21.6. The summed E-state index contributed by atoms with van der Waals surface area (Å²) >= 11 is 0. The van der Waals surface area contributed by atoms with Crippen molar-refractivity contribution in [2.75, 3.05) is 32.6 Å². The maximum atomic E-state index is 12.6. The van der Waals surface area contributed by atoms with E-state index >= 15 is 0 Å². The van der Waals surface area contributed by atoms with Crippen LogP contribution in [-0.4, -0.2) is 38.1 Å². The highest BCUT2D eigenvalue weighted by atomic mass is 19.4. The Labute approximate surface area is 162 Å². The van der Waals surface area contributed by atoms with E-state index in [0.717, 1.165) is 17.7 Å². The Morgan fingerprint density at radius 1 is 1.11 bits per heavy atom. The first-order chi connectivity index (χ1) is 13.2. The van der Waals surface area contributed by atoms with Crippen molar-refractivity contribution in [3.63, 3.8) is 0 Å². The van der Waals surface area contributed by atoms with Crippen LogP contribution in [0.4, 0.5) is 18.9 Å². The van der Waals surface area contributed by atoms with E-state index in [9.17, 15) is 18.0 Å². The minimum absolute atomic E-state index is 0.0799. The van der Waals surface area contributed by atoms with Gasteiger partial charge in [-0.15, -0.1) is 0 Å². The fourth-order valence-electron chi connectivity index (χ4n) is 2.64. The fraction of sp³-hybridized carbons (Fsp3) is 0.350.